The Morgan fingerprint density at radius 1 is 1.00 bits per heavy atom. The van der Waals surface area contributed by atoms with Gasteiger partial charge in [0.1, 0.15) is 18.6 Å². The van der Waals surface area contributed by atoms with Crippen molar-refractivity contribution in [1.82, 2.24) is 14.9 Å². The maximum Gasteiger partial charge on any atom is 0.515 e. The van der Waals surface area contributed by atoms with E-state index in [-0.39, 0.29) is 62.5 Å². The summed E-state index contributed by atoms with van der Waals surface area (Å²) in [4.78, 5) is 78.0. The molecule has 7 rings (SSSR count). The predicted molar refractivity (Wildman–Crippen MR) is 201 cm³/mol. The predicted octanol–water partition coefficient (Wildman–Crippen LogP) is 5.72. The third-order valence-electron chi connectivity index (χ3n) is 12.7. The van der Waals surface area contributed by atoms with Gasteiger partial charge in [0.05, 0.1) is 28.5 Å². The van der Waals surface area contributed by atoms with Gasteiger partial charge in [0.2, 0.25) is 11.6 Å². The van der Waals surface area contributed by atoms with Crippen LogP contribution in [0.5, 0.6) is 5.75 Å². The standard InChI is InChI=1S/C38H45Br2N5O8/c1-2-53-42-13-7-25(8-14-42)27-10-16-44(38(21-27)33(48)34(38)49)37(12-18-46)22-28(43-15-9-26-5-3-4-6-31(26)41-35(43)50)11-17-45(37,36(51)52)23-24-19-29(39)32(47)30(40)20-24/h3-6,18-20,25,27-28H,2,7-17,21-23H2,1H3,(H2-,41,47,50,51,52)/p+1/t27?,28?,37?,45-/m0/s1. The van der Waals surface area contributed by atoms with Crippen molar-refractivity contribution in [3.63, 3.8) is 0 Å². The molecule has 4 atom stereocenters. The number of carbonyl (C=O) groups excluding carboxylic acids is 4. The molecule has 284 valence electrons. The molecule has 0 bridgehead atoms. The lowest BCUT2D eigenvalue weighted by molar-refractivity contribution is -0.943. The summed E-state index contributed by atoms with van der Waals surface area (Å²) in [5, 5.41) is 27.0. The van der Waals surface area contributed by atoms with E-state index >= 15 is 0 Å². The van der Waals surface area contributed by atoms with Crippen LogP contribution in [0.4, 0.5) is 15.3 Å². The van der Waals surface area contributed by atoms with Crippen LogP contribution in [0.2, 0.25) is 0 Å². The van der Waals surface area contributed by atoms with Crippen LogP contribution in [0.15, 0.2) is 45.3 Å². The zero-order valence-electron chi connectivity index (χ0n) is 29.8. The Morgan fingerprint density at radius 3 is 2.32 bits per heavy atom. The molecule has 4 fully saturated rings. The van der Waals surface area contributed by atoms with Gasteiger partial charge in [-0.3, -0.25) is 14.4 Å². The number of carboxylic acid groups (broad SMARTS) is 1. The van der Waals surface area contributed by atoms with Crippen LogP contribution in [0, 0.1) is 11.8 Å². The number of nitrogens with zero attached hydrogens (tertiary/aromatic N) is 4. The number of carbonyl (C=O) groups is 5. The first-order valence-electron chi connectivity index (χ1n) is 18.5. The van der Waals surface area contributed by atoms with Gasteiger partial charge >= 0.3 is 12.1 Å². The molecule has 0 aromatic heterocycles. The third-order valence-corrected chi connectivity index (χ3v) is 13.9. The minimum atomic E-state index is -1.57. The van der Waals surface area contributed by atoms with Crippen molar-refractivity contribution in [3.05, 3.63) is 56.5 Å². The van der Waals surface area contributed by atoms with Crippen molar-refractivity contribution in [2.45, 2.75) is 82.1 Å². The number of hydrogen-bond acceptors (Lipinski definition) is 9. The number of ketones is 2. The van der Waals surface area contributed by atoms with Crippen molar-refractivity contribution < 1.29 is 43.5 Å². The highest BCUT2D eigenvalue weighted by molar-refractivity contribution is 9.11. The lowest BCUT2D eigenvalue weighted by atomic mass is 9.73. The summed E-state index contributed by atoms with van der Waals surface area (Å²) in [7, 11) is 0. The smallest absolute Gasteiger partial charge is 0.506 e. The number of hydroxylamine groups is 2. The topological polar surface area (TPSA) is 157 Å². The van der Waals surface area contributed by atoms with Crippen LogP contribution in [0.1, 0.15) is 63.0 Å². The van der Waals surface area contributed by atoms with E-state index in [1.54, 1.807) is 21.9 Å². The first-order valence-corrected chi connectivity index (χ1v) is 20.1. The minimum Gasteiger partial charge on any atom is -0.506 e. The molecule has 15 heteroatoms. The van der Waals surface area contributed by atoms with Gasteiger partial charge < -0.3 is 25.2 Å². The number of rotatable bonds is 9. The quantitative estimate of drug-likeness (QED) is 0.124. The summed E-state index contributed by atoms with van der Waals surface area (Å²) >= 11 is 6.78. The molecule has 4 heterocycles. The average Bonchev–Trinajstić information content (AvgIpc) is 3.70. The van der Waals surface area contributed by atoms with E-state index in [1.165, 1.54) is 0 Å². The molecule has 3 amide bonds. The van der Waals surface area contributed by atoms with Crippen molar-refractivity contribution in [3.8, 4) is 5.75 Å². The zero-order valence-corrected chi connectivity index (χ0v) is 32.9. The number of urea groups is 1. The molecule has 13 nitrogen and oxygen atoms in total. The Kier molecular flexibility index (Phi) is 10.6. The van der Waals surface area contributed by atoms with Crippen LogP contribution in [0.25, 0.3) is 0 Å². The minimum absolute atomic E-state index is 0.0228. The highest BCUT2D eigenvalue weighted by Gasteiger charge is 2.78. The fraction of sp³-hybridized carbons (Fsp3) is 0.553. The molecule has 5 aliphatic rings. The van der Waals surface area contributed by atoms with Crippen LogP contribution >= 0.6 is 31.9 Å². The van der Waals surface area contributed by atoms with Crippen LogP contribution in [-0.4, -0.2) is 116 Å². The highest BCUT2D eigenvalue weighted by atomic mass is 79.9. The second-order valence-corrected chi connectivity index (χ2v) is 16.9. The molecular weight excluding hydrogens is 814 g/mol. The first kappa shape index (κ1) is 38.1. The number of benzene rings is 2. The first-order chi connectivity index (χ1) is 25.4. The van der Waals surface area contributed by atoms with E-state index in [9.17, 15) is 34.2 Å². The number of para-hydroxylation sites is 1. The molecule has 1 aliphatic carbocycles. The normalized spacial score (nSPS) is 29.4. The Morgan fingerprint density at radius 2 is 1.68 bits per heavy atom. The number of phenols is 1. The molecule has 2 aromatic rings. The molecule has 2 aromatic carbocycles. The third kappa shape index (κ3) is 6.44. The molecule has 0 radical (unpaired) electrons. The Labute approximate surface area is 325 Å². The van der Waals surface area contributed by atoms with Crippen LogP contribution < -0.4 is 5.32 Å². The monoisotopic (exact) mass is 858 g/mol. The number of piperidine rings is 3. The fourth-order valence-corrected chi connectivity index (χ4v) is 11.3. The van der Waals surface area contributed by atoms with Gasteiger partial charge in [0.25, 0.3) is 0 Å². The van der Waals surface area contributed by atoms with Crippen molar-refractivity contribution >= 4 is 67.5 Å². The number of Topliss-reactive ketones (excluding diaryl/α,β-unsaturated/α-hetero) is 2. The number of phenolic OH excluding ortho intramolecular Hbond substituents is 1. The Balaban J connectivity index is 1.30. The number of aldehydes is 1. The molecule has 53 heavy (non-hydrogen) atoms. The number of hydrogen-bond donors (Lipinski definition) is 3. The molecular formula is C38H46Br2N5O8+. The second kappa shape index (κ2) is 14.8. The van der Waals surface area contributed by atoms with Crippen LogP contribution in [0.3, 0.4) is 0 Å². The van der Waals surface area contributed by atoms with E-state index in [1.807, 2.05) is 36.3 Å². The second-order valence-electron chi connectivity index (χ2n) is 15.2. The van der Waals surface area contributed by atoms with Crippen molar-refractivity contribution in [2.24, 2.45) is 11.8 Å². The van der Waals surface area contributed by atoms with Crippen molar-refractivity contribution in [1.29, 1.82) is 0 Å². The van der Waals surface area contributed by atoms with Crippen LogP contribution in [-0.2, 0) is 32.2 Å². The van der Waals surface area contributed by atoms with Gasteiger partial charge in [-0.15, -0.1) is 0 Å². The molecule has 1 saturated carbocycles. The summed E-state index contributed by atoms with van der Waals surface area (Å²) in [6.45, 7) is 4.60. The lowest BCUT2D eigenvalue weighted by Gasteiger charge is -2.60. The summed E-state index contributed by atoms with van der Waals surface area (Å²) in [5.41, 5.74) is -0.843. The molecule has 3 saturated heterocycles. The van der Waals surface area contributed by atoms with Gasteiger partial charge in [-0.05, 0) is 106 Å². The van der Waals surface area contributed by atoms with E-state index in [4.69, 9.17) is 4.84 Å². The summed E-state index contributed by atoms with van der Waals surface area (Å²) in [5.74, 6) is -0.792. The fourth-order valence-electron chi connectivity index (χ4n) is 10.1. The van der Waals surface area contributed by atoms with E-state index in [2.05, 4.69) is 37.2 Å². The maximum atomic E-state index is 14.1. The molecule has 3 unspecified atom stereocenters. The number of likely N-dealkylation sites (tertiary alicyclic amines) is 2. The lowest BCUT2D eigenvalue weighted by Crippen LogP contribution is -2.80. The number of fused-ring (bicyclic) bond motifs is 1. The van der Waals surface area contributed by atoms with Gasteiger partial charge in [0, 0.05) is 56.3 Å². The van der Waals surface area contributed by atoms with E-state index in [0.29, 0.717) is 53.2 Å². The number of halogens is 2. The zero-order chi connectivity index (χ0) is 37.7. The number of amides is 3. The average molecular weight is 861 g/mol. The van der Waals surface area contributed by atoms with E-state index < -0.39 is 39.4 Å². The van der Waals surface area contributed by atoms with Gasteiger partial charge in [-0.2, -0.15) is 9.86 Å². The number of anilines is 1. The van der Waals surface area contributed by atoms with Gasteiger partial charge in [-0.25, -0.2) is 14.2 Å². The molecule has 3 N–H and O–H groups in total. The van der Waals surface area contributed by atoms with Gasteiger partial charge in [-0.1, -0.05) is 18.2 Å². The molecule has 4 aliphatic heterocycles. The molecule has 1 spiro atoms. The summed E-state index contributed by atoms with van der Waals surface area (Å²) < 4.78 is 0.0750. The summed E-state index contributed by atoms with van der Waals surface area (Å²) in [6.07, 6.45) is 2.80. The largest absolute Gasteiger partial charge is 0.515 e. The van der Waals surface area contributed by atoms with Gasteiger partial charge in [0.15, 0.2) is 11.2 Å². The summed E-state index contributed by atoms with van der Waals surface area (Å²) in [6, 6.07) is 10.1. The number of quaternary nitrogens is 1. The maximum absolute atomic E-state index is 14.1. The van der Waals surface area contributed by atoms with E-state index in [0.717, 1.165) is 37.2 Å². The SMILES string of the molecule is CCON1CCC(C2CCN(C3(CC=O)CC(N4CCc5ccccc5NC4=O)CC[N@+]3(Cc3cc(Br)c(O)c(Br)c3)C(=O)O)C3(C2)C(=O)C3=O)CC1. The highest BCUT2D eigenvalue weighted by Crippen LogP contribution is 2.56. The Hall–Kier alpha value is -3.21. The number of nitrogens with one attached hydrogen (secondary N) is 1. The number of aromatic hydroxyl groups is 1. The van der Waals surface area contributed by atoms with Crippen molar-refractivity contribution in [2.75, 3.05) is 44.6 Å². The Bertz CT molecular complexity index is 1780.